The van der Waals surface area contributed by atoms with Crippen LogP contribution in [0, 0.1) is 11.8 Å². The minimum Gasteiger partial charge on any atom is -0.495 e. The number of methoxy groups -OCH3 is 2. The van der Waals surface area contributed by atoms with Crippen molar-refractivity contribution in [1.82, 2.24) is 15.3 Å². The molecule has 214 valence electrons. The molecule has 10 nitrogen and oxygen atoms in total. The van der Waals surface area contributed by atoms with E-state index in [2.05, 4.69) is 22.2 Å². The van der Waals surface area contributed by atoms with Gasteiger partial charge in [-0.1, -0.05) is 49.0 Å². The monoisotopic (exact) mass is 588 g/mol. The Morgan fingerprint density at radius 2 is 1.80 bits per heavy atom. The molecule has 12 heteroatoms. The summed E-state index contributed by atoms with van der Waals surface area (Å²) in [7, 11) is 4.60. The average Bonchev–Trinajstić information content (AvgIpc) is 2.92. The number of anilines is 3. The van der Waals surface area contributed by atoms with Crippen molar-refractivity contribution < 1.29 is 19.1 Å². The second kappa shape index (κ2) is 11.7. The number of carbonyl (C=O) groups is 2. The predicted octanol–water partition coefficient (Wildman–Crippen LogP) is 5.43. The summed E-state index contributed by atoms with van der Waals surface area (Å²) >= 11 is 13.2. The molecule has 2 heterocycles. The number of rotatable bonds is 8. The van der Waals surface area contributed by atoms with E-state index in [0.29, 0.717) is 34.7 Å². The summed E-state index contributed by atoms with van der Waals surface area (Å²) in [5, 5.41) is 6.94. The number of aromatic nitrogens is 2. The van der Waals surface area contributed by atoms with Crippen molar-refractivity contribution >= 4 is 52.6 Å². The highest BCUT2D eigenvalue weighted by molar-refractivity contribution is 6.42. The van der Waals surface area contributed by atoms with Crippen LogP contribution in [-0.4, -0.2) is 55.3 Å². The summed E-state index contributed by atoms with van der Waals surface area (Å²) in [6.45, 7) is 3.75. The van der Waals surface area contributed by atoms with Gasteiger partial charge in [-0.15, -0.1) is 0 Å². The number of hydrogen-bond acceptors (Lipinski definition) is 7. The number of ether oxygens (including phenoxy) is 2. The zero-order valence-electron chi connectivity index (χ0n) is 22.9. The fourth-order valence-electron chi connectivity index (χ4n) is 5.95. The molecule has 3 amide bonds. The molecule has 0 spiro atoms. The van der Waals surface area contributed by atoms with Crippen LogP contribution in [0.5, 0.6) is 11.5 Å². The zero-order chi connectivity index (χ0) is 28.6. The second-order valence-corrected chi connectivity index (χ2v) is 11.3. The number of hydrogen-bond donors (Lipinski definition) is 2. The van der Waals surface area contributed by atoms with Crippen LogP contribution in [0.3, 0.4) is 0 Å². The van der Waals surface area contributed by atoms with Crippen molar-refractivity contribution in [1.29, 1.82) is 0 Å². The van der Waals surface area contributed by atoms with Gasteiger partial charge in [0.05, 0.1) is 26.5 Å². The molecule has 3 atom stereocenters. The summed E-state index contributed by atoms with van der Waals surface area (Å²) in [4.78, 5) is 37.9. The molecule has 1 aromatic carbocycles. The van der Waals surface area contributed by atoms with Gasteiger partial charge in [0.25, 0.3) is 0 Å². The topological polar surface area (TPSA) is 109 Å². The maximum absolute atomic E-state index is 13.6. The van der Waals surface area contributed by atoms with E-state index >= 15 is 0 Å². The van der Waals surface area contributed by atoms with Crippen LogP contribution in [0.4, 0.5) is 22.2 Å². The van der Waals surface area contributed by atoms with Gasteiger partial charge in [-0.25, -0.2) is 9.78 Å². The molecule has 5 rings (SSSR count). The fraction of sp³-hybridized carbons (Fsp3) is 0.500. The molecule has 0 radical (unpaired) electrons. The minimum atomic E-state index is -0.366. The highest BCUT2D eigenvalue weighted by Crippen LogP contribution is 2.48. The van der Waals surface area contributed by atoms with Crippen LogP contribution in [0.15, 0.2) is 24.9 Å². The third-order valence-corrected chi connectivity index (χ3v) is 9.09. The van der Waals surface area contributed by atoms with Gasteiger partial charge in [-0.3, -0.25) is 14.6 Å². The lowest BCUT2D eigenvalue weighted by atomic mass is 9.68. The van der Waals surface area contributed by atoms with E-state index in [1.165, 1.54) is 49.4 Å². The van der Waals surface area contributed by atoms with E-state index in [-0.39, 0.29) is 46.3 Å². The predicted molar refractivity (Wildman–Crippen MR) is 156 cm³/mol. The van der Waals surface area contributed by atoms with Gasteiger partial charge in [0.1, 0.15) is 27.4 Å². The third kappa shape index (κ3) is 5.26. The maximum atomic E-state index is 13.6. The van der Waals surface area contributed by atoms with Crippen LogP contribution in [-0.2, 0) is 11.3 Å². The second-order valence-electron chi connectivity index (χ2n) is 10.6. The van der Waals surface area contributed by atoms with Crippen molar-refractivity contribution in [3.8, 4) is 11.5 Å². The lowest BCUT2D eigenvalue weighted by molar-refractivity contribution is -0.117. The maximum Gasteiger partial charge on any atom is 0.330 e. The van der Waals surface area contributed by atoms with Crippen molar-refractivity contribution in [3.63, 3.8) is 0 Å². The molecule has 3 aliphatic rings. The van der Waals surface area contributed by atoms with Crippen molar-refractivity contribution in [3.05, 3.63) is 40.5 Å². The Kier molecular flexibility index (Phi) is 8.28. The Morgan fingerprint density at radius 3 is 2.40 bits per heavy atom. The summed E-state index contributed by atoms with van der Waals surface area (Å²) in [5.41, 5.74) is 1.00. The van der Waals surface area contributed by atoms with Crippen LogP contribution in [0.2, 0.25) is 10.0 Å². The number of halogens is 2. The van der Waals surface area contributed by atoms with E-state index in [4.69, 9.17) is 37.7 Å². The van der Waals surface area contributed by atoms with Gasteiger partial charge in [0, 0.05) is 37.0 Å². The lowest BCUT2D eigenvalue weighted by Crippen LogP contribution is -2.51. The molecule has 2 fully saturated rings. The Balaban J connectivity index is 1.41. The van der Waals surface area contributed by atoms with E-state index in [9.17, 15) is 9.59 Å². The smallest absolute Gasteiger partial charge is 0.330 e. The Hall–Kier alpha value is -3.24. The van der Waals surface area contributed by atoms with Crippen LogP contribution < -0.4 is 29.9 Å². The fourth-order valence-corrected chi connectivity index (χ4v) is 6.65. The van der Waals surface area contributed by atoms with E-state index in [1.807, 2.05) is 0 Å². The van der Waals surface area contributed by atoms with Crippen LogP contribution in [0.1, 0.15) is 44.1 Å². The summed E-state index contributed by atoms with van der Waals surface area (Å²) in [5.74, 6) is 2.71. The van der Waals surface area contributed by atoms with Gasteiger partial charge in [0.15, 0.2) is 0 Å². The quantitative estimate of drug-likeness (QED) is 0.396. The van der Waals surface area contributed by atoms with E-state index < -0.39 is 0 Å². The SMILES string of the molecule is C=CC(=O)N[C@@H]1CCC(C2CCC2)C[C@@H]1Nc1ncc2c(n1)N(C)C(=O)N(c1c(Cl)c(OC)cc(OC)c1Cl)C2. The van der Waals surface area contributed by atoms with Gasteiger partial charge in [-0.05, 0) is 37.2 Å². The summed E-state index contributed by atoms with van der Waals surface area (Å²) in [6, 6.07) is 1.11. The number of carbonyl (C=O) groups excluding carboxylic acids is 2. The molecule has 2 N–H and O–H groups in total. The molecule has 0 saturated heterocycles. The van der Waals surface area contributed by atoms with Crippen molar-refractivity contribution in [2.75, 3.05) is 36.4 Å². The number of nitrogens with one attached hydrogen (secondary N) is 2. The van der Waals surface area contributed by atoms with Crippen LogP contribution in [0.25, 0.3) is 0 Å². The molecule has 1 aromatic heterocycles. The minimum absolute atomic E-state index is 0.0377. The number of amides is 3. The van der Waals surface area contributed by atoms with Gasteiger partial charge in [-0.2, -0.15) is 4.98 Å². The molecule has 1 unspecified atom stereocenters. The highest BCUT2D eigenvalue weighted by Gasteiger charge is 2.38. The van der Waals surface area contributed by atoms with Crippen molar-refractivity contribution in [2.45, 2.75) is 57.2 Å². The molecule has 1 aliphatic heterocycles. The van der Waals surface area contributed by atoms with E-state index in [1.54, 1.807) is 19.3 Å². The number of benzene rings is 1. The Labute approximate surface area is 244 Å². The van der Waals surface area contributed by atoms with Crippen LogP contribution >= 0.6 is 23.2 Å². The summed E-state index contributed by atoms with van der Waals surface area (Å²) in [6.07, 6.45) is 9.71. The number of urea groups is 1. The normalized spacial score (nSPS) is 22.7. The first-order valence-corrected chi connectivity index (χ1v) is 14.2. The van der Waals surface area contributed by atoms with Gasteiger partial charge in [0.2, 0.25) is 11.9 Å². The number of nitrogens with zero attached hydrogens (tertiary/aromatic N) is 4. The molecule has 2 aromatic rings. The number of fused-ring (bicyclic) bond motifs is 1. The highest BCUT2D eigenvalue weighted by atomic mass is 35.5. The first-order valence-electron chi connectivity index (χ1n) is 13.5. The van der Waals surface area contributed by atoms with E-state index in [0.717, 1.165) is 25.2 Å². The van der Waals surface area contributed by atoms with Crippen molar-refractivity contribution in [2.24, 2.45) is 11.8 Å². The zero-order valence-corrected chi connectivity index (χ0v) is 24.4. The van der Waals surface area contributed by atoms with Gasteiger partial charge < -0.3 is 20.1 Å². The summed E-state index contributed by atoms with van der Waals surface area (Å²) < 4.78 is 10.8. The first kappa shape index (κ1) is 28.3. The Morgan fingerprint density at radius 1 is 1.10 bits per heavy atom. The molecule has 40 heavy (non-hydrogen) atoms. The average molecular weight is 590 g/mol. The standard InChI is InChI=1S/C28H34Cl2N6O4/c1-5-22(37)32-18-10-9-16(15-7-6-8-15)11-19(18)33-27-31-13-17-14-36(28(38)35(2)26(17)34-27)25-23(29)20(39-3)12-21(40-4)24(25)30/h5,12-13,15-16,18-19H,1,6-11,14H2,2-4H3,(H,32,37)(H,31,33,34)/t16?,18-,19+/m1/s1. The molecular formula is C28H34Cl2N6O4. The lowest BCUT2D eigenvalue weighted by Gasteiger charge is -2.43. The molecule has 2 aliphatic carbocycles. The molecule has 2 saturated carbocycles. The third-order valence-electron chi connectivity index (χ3n) is 8.36. The molecular weight excluding hydrogens is 555 g/mol. The first-order chi connectivity index (χ1) is 19.2. The Bertz CT molecular complexity index is 1290. The molecule has 0 bridgehead atoms. The van der Waals surface area contributed by atoms with Gasteiger partial charge >= 0.3 is 6.03 Å². The largest absolute Gasteiger partial charge is 0.495 e.